The standard InChI is InChI=1S/C22H27F3N4O3/c1-13-6-8-28(9-7-13)21(30)15-12-26-29-19(22(23,24)25)11-16(27-20(15)29)14-4-5-17(31-2)18(10-14)32-3/h4-5,10,12-13,16,19,27H,6-9,11H2,1-3H3/t16-,19+/m0/s1. The number of hydrogen-bond acceptors (Lipinski definition) is 5. The van der Waals surface area contributed by atoms with Crippen molar-refractivity contribution in [1.82, 2.24) is 14.7 Å². The Bertz CT molecular complexity index is 983. The monoisotopic (exact) mass is 452 g/mol. The molecule has 2 aromatic rings. The van der Waals surface area contributed by atoms with Crippen molar-refractivity contribution >= 4 is 11.7 Å². The van der Waals surface area contributed by atoms with Gasteiger partial charge in [-0.05, 0) is 36.5 Å². The molecule has 1 saturated heterocycles. The van der Waals surface area contributed by atoms with Gasteiger partial charge < -0.3 is 19.7 Å². The summed E-state index contributed by atoms with van der Waals surface area (Å²) < 4.78 is 53.3. The van der Waals surface area contributed by atoms with Crippen molar-refractivity contribution in [1.29, 1.82) is 0 Å². The van der Waals surface area contributed by atoms with Gasteiger partial charge in [0.25, 0.3) is 5.91 Å². The van der Waals surface area contributed by atoms with E-state index in [9.17, 15) is 18.0 Å². The van der Waals surface area contributed by atoms with Gasteiger partial charge in [-0.2, -0.15) is 18.3 Å². The second-order valence-corrected chi connectivity index (χ2v) is 8.43. The van der Waals surface area contributed by atoms with Gasteiger partial charge in [-0.3, -0.25) is 4.79 Å². The Morgan fingerprint density at radius 2 is 1.84 bits per heavy atom. The first-order valence-corrected chi connectivity index (χ1v) is 10.6. The van der Waals surface area contributed by atoms with Crippen LogP contribution >= 0.6 is 0 Å². The third-order valence-electron chi connectivity index (χ3n) is 6.35. The SMILES string of the molecule is COc1ccc([C@@H]2C[C@H](C(F)(F)F)n3ncc(C(=O)N4CCC(C)CC4)c3N2)cc1OC. The number of amides is 1. The molecule has 1 aromatic heterocycles. The van der Waals surface area contributed by atoms with Gasteiger partial charge in [-0.15, -0.1) is 0 Å². The fourth-order valence-corrected chi connectivity index (χ4v) is 4.39. The maximum atomic E-state index is 14.0. The first kappa shape index (κ1) is 22.3. The lowest BCUT2D eigenvalue weighted by molar-refractivity contribution is -0.173. The fourth-order valence-electron chi connectivity index (χ4n) is 4.39. The number of carbonyl (C=O) groups is 1. The second kappa shape index (κ2) is 8.55. The van der Waals surface area contributed by atoms with E-state index in [1.807, 2.05) is 0 Å². The molecule has 2 aliphatic rings. The zero-order valence-corrected chi connectivity index (χ0v) is 18.3. The van der Waals surface area contributed by atoms with E-state index in [1.54, 1.807) is 23.1 Å². The number of rotatable bonds is 4. The first-order valence-electron chi connectivity index (χ1n) is 10.6. The fraction of sp³-hybridized carbons (Fsp3) is 0.545. The minimum atomic E-state index is -4.52. The largest absolute Gasteiger partial charge is 0.493 e. The van der Waals surface area contributed by atoms with Crippen molar-refractivity contribution in [3.63, 3.8) is 0 Å². The summed E-state index contributed by atoms with van der Waals surface area (Å²) in [6, 6.07) is 2.49. The Morgan fingerprint density at radius 1 is 1.16 bits per heavy atom. The Balaban J connectivity index is 1.69. The zero-order valence-electron chi connectivity index (χ0n) is 18.3. The van der Waals surface area contributed by atoms with Crippen LogP contribution in [0.2, 0.25) is 0 Å². The maximum Gasteiger partial charge on any atom is 0.410 e. The number of nitrogens with one attached hydrogen (secondary N) is 1. The minimum Gasteiger partial charge on any atom is -0.493 e. The summed E-state index contributed by atoms with van der Waals surface area (Å²) in [7, 11) is 2.97. The van der Waals surface area contributed by atoms with Gasteiger partial charge in [-0.25, -0.2) is 4.68 Å². The highest BCUT2D eigenvalue weighted by molar-refractivity contribution is 5.99. The van der Waals surface area contributed by atoms with Gasteiger partial charge in [0.05, 0.1) is 26.5 Å². The number of carbonyl (C=O) groups excluding carboxylic acids is 1. The van der Waals surface area contributed by atoms with Crippen LogP contribution in [-0.2, 0) is 0 Å². The highest BCUT2D eigenvalue weighted by Crippen LogP contribution is 2.45. The predicted molar refractivity (Wildman–Crippen MR) is 112 cm³/mol. The van der Waals surface area contributed by atoms with E-state index in [-0.39, 0.29) is 23.7 Å². The molecule has 1 fully saturated rings. The van der Waals surface area contributed by atoms with Crippen LogP contribution in [0.15, 0.2) is 24.4 Å². The normalized spacial score (nSPS) is 21.6. The number of benzene rings is 1. The van der Waals surface area contributed by atoms with Crippen LogP contribution < -0.4 is 14.8 Å². The lowest BCUT2D eigenvalue weighted by atomic mass is 9.96. The van der Waals surface area contributed by atoms with Crippen LogP contribution in [0.25, 0.3) is 0 Å². The zero-order chi connectivity index (χ0) is 23.0. The van der Waals surface area contributed by atoms with Gasteiger partial charge in [0.1, 0.15) is 11.4 Å². The molecule has 1 N–H and O–H groups in total. The Hall–Kier alpha value is -2.91. The number of anilines is 1. The number of ether oxygens (including phenoxy) is 2. The molecule has 3 heterocycles. The van der Waals surface area contributed by atoms with Crippen LogP contribution in [0.4, 0.5) is 19.0 Å². The summed E-state index contributed by atoms with van der Waals surface area (Å²) in [5.74, 6) is 1.25. The van der Waals surface area contributed by atoms with E-state index in [4.69, 9.17) is 9.47 Å². The molecule has 2 aliphatic heterocycles. The Morgan fingerprint density at radius 3 is 2.47 bits per heavy atom. The molecule has 0 bridgehead atoms. The average molecular weight is 452 g/mol. The summed E-state index contributed by atoms with van der Waals surface area (Å²) >= 11 is 0. The van der Waals surface area contributed by atoms with Crippen molar-refractivity contribution in [2.45, 2.75) is 44.4 Å². The topological polar surface area (TPSA) is 68.6 Å². The number of methoxy groups -OCH3 is 2. The molecule has 0 saturated carbocycles. The summed E-state index contributed by atoms with van der Waals surface area (Å²) in [5.41, 5.74) is 0.772. The van der Waals surface area contributed by atoms with E-state index in [2.05, 4.69) is 17.3 Å². The number of likely N-dealkylation sites (tertiary alicyclic amines) is 1. The average Bonchev–Trinajstić information content (AvgIpc) is 3.21. The molecule has 0 radical (unpaired) electrons. The van der Waals surface area contributed by atoms with Gasteiger partial charge in [0, 0.05) is 19.5 Å². The third-order valence-corrected chi connectivity index (χ3v) is 6.35. The molecule has 1 aromatic carbocycles. The van der Waals surface area contributed by atoms with Crippen LogP contribution in [0.3, 0.4) is 0 Å². The molecule has 2 atom stereocenters. The van der Waals surface area contributed by atoms with Crippen molar-refractivity contribution in [2.75, 3.05) is 32.6 Å². The van der Waals surface area contributed by atoms with Gasteiger partial charge in [0.15, 0.2) is 17.5 Å². The first-order chi connectivity index (χ1) is 15.2. The number of aromatic nitrogens is 2. The van der Waals surface area contributed by atoms with Gasteiger partial charge >= 0.3 is 6.18 Å². The summed E-state index contributed by atoms with van der Waals surface area (Å²) in [4.78, 5) is 14.8. The maximum absolute atomic E-state index is 14.0. The molecular formula is C22H27F3N4O3. The molecule has 0 aliphatic carbocycles. The Labute approximate surface area is 184 Å². The van der Waals surface area contributed by atoms with Crippen molar-refractivity contribution in [3.05, 3.63) is 35.5 Å². The number of hydrogen-bond donors (Lipinski definition) is 1. The summed E-state index contributed by atoms with van der Waals surface area (Å²) in [6.07, 6.45) is -1.77. The van der Waals surface area contributed by atoms with Crippen LogP contribution in [-0.4, -0.2) is 54.1 Å². The molecule has 32 heavy (non-hydrogen) atoms. The number of piperidine rings is 1. The quantitative estimate of drug-likeness (QED) is 0.743. The second-order valence-electron chi connectivity index (χ2n) is 8.43. The van der Waals surface area contributed by atoms with Crippen molar-refractivity contribution in [3.8, 4) is 11.5 Å². The highest BCUT2D eigenvalue weighted by Gasteiger charge is 2.47. The third kappa shape index (κ3) is 4.10. The van der Waals surface area contributed by atoms with Crippen LogP contribution in [0, 0.1) is 5.92 Å². The molecule has 10 heteroatoms. The lowest BCUT2D eigenvalue weighted by Gasteiger charge is -2.35. The van der Waals surface area contributed by atoms with E-state index < -0.39 is 18.3 Å². The van der Waals surface area contributed by atoms with E-state index in [0.717, 1.165) is 17.5 Å². The van der Waals surface area contributed by atoms with Crippen LogP contribution in [0.5, 0.6) is 11.5 Å². The van der Waals surface area contributed by atoms with Crippen LogP contribution in [0.1, 0.15) is 54.2 Å². The smallest absolute Gasteiger partial charge is 0.410 e. The van der Waals surface area contributed by atoms with Gasteiger partial charge in [-0.1, -0.05) is 13.0 Å². The number of halogens is 3. The molecule has 7 nitrogen and oxygen atoms in total. The van der Waals surface area contributed by atoms with Crippen molar-refractivity contribution < 1.29 is 27.4 Å². The van der Waals surface area contributed by atoms with E-state index >= 15 is 0 Å². The summed E-state index contributed by atoms with van der Waals surface area (Å²) in [5, 5.41) is 7.10. The molecule has 4 rings (SSSR count). The van der Waals surface area contributed by atoms with Crippen molar-refractivity contribution in [2.24, 2.45) is 5.92 Å². The molecular weight excluding hydrogens is 425 g/mol. The van der Waals surface area contributed by atoms with E-state index in [1.165, 1.54) is 20.4 Å². The molecule has 174 valence electrons. The van der Waals surface area contributed by atoms with E-state index in [0.29, 0.717) is 36.1 Å². The predicted octanol–water partition coefficient (Wildman–Crippen LogP) is 4.43. The summed E-state index contributed by atoms with van der Waals surface area (Å²) in [6.45, 7) is 3.31. The molecule has 0 spiro atoms. The lowest BCUT2D eigenvalue weighted by Crippen LogP contribution is -2.39. The molecule has 1 amide bonds. The highest BCUT2D eigenvalue weighted by atomic mass is 19.4. The number of nitrogens with zero attached hydrogens (tertiary/aromatic N) is 3. The molecule has 0 unspecified atom stereocenters. The Kier molecular flexibility index (Phi) is 5.96. The number of fused-ring (bicyclic) bond motifs is 1. The number of alkyl halides is 3. The van der Waals surface area contributed by atoms with Gasteiger partial charge in [0.2, 0.25) is 0 Å². The minimum absolute atomic E-state index is 0.0991.